The number of aromatic nitrogens is 2. The predicted molar refractivity (Wildman–Crippen MR) is 106 cm³/mol. The van der Waals surface area contributed by atoms with Crippen molar-refractivity contribution in [1.82, 2.24) is 9.55 Å². The van der Waals surface area contributed by atoms with Gasteiger partial charge in [0.1, 0.15) is 36.9 Å². The second kappa shape index (κ2) is 7.40. The number of hydrogen-bond acceptors (Lipinski definition) is 6. The third-order valence-electron chi connectivity index (χ3n) is 5.92. The SMILES string of the molecule is NC(=O)[C@@H]1CCCN1c1ccc2c(c1)OCCn1cc(N3C(=O)OC[C@H]3C(F)F)nc1-2. The van der Waals surface area contributed by atoms with Crippen molar-refractivity contribution >= 4 is 23.5 Å². The van der Waals surface area contributed by atoms with Crippen molar-refractivity contribution in [3.63, 3.8) is 0 Å². The molecule has 11 heteroatoms. The van der Waals surface area contributed by atoms with Crippen LogP contribution in [0.25, 0.3) is 11.4 Å². The number of alkyl halides is 2. The van der Waals surface area contributed by atoms with E-state index in [2.05, 4.69) is 4.98 Å². The van der Waals surface area contributed by atoms with Gasteiger partial charge >= 0.3 is 6.09 Å². The molecule has 2 N–H and O–H groups in total. The van der Waals surface area contributed by atoms with Crippen LogP contribution >= 0.6 is 0 Å². The van der Waals surface area contributed by atoms with Gasteiger partial charge < -0.3 is 24.7 Å². The van der Waals surface area contributed by atoms with Gasteiger partial charge in [0.15, 0.2) is 5.82 Å². The van der Waals surface area contributed by atoms with Gasteiger partial charge in [-0.3, -0.25) is 4.79 Å². The summed E-state index contributed by atoms with van der Waals surface area (Å²) in [5, 5.41) is 0. The Hall–Kier alpha value is -3.37. The van der Waals surface area contributed by atoms with Gasteiger partial charge in [0, 0.05) is 24.5 Å². The number of nitrogens with zero attached hydrogens (tertiary/aromatic N) is 4. The molecule has 0 bridgehead atoms. The van der Waals surface area contributed by atoms with Crippen molar-refractivity contribution in [2.45, 2.75) is 37.9 Å². The number of anilines is 2. The molecule has 3 aliphatic heterocycles. The van der Waals surface area contributed by atoms with Gasteiger partial charge in [0.05, 0.1) is 12.1 Å². The van der Waals surface area contributed by atoms with E-state index < -0.39 is 18.6 Å². The monoisotopic (exact) mass is 433 g/mol. The highest BCUT2D eigenvalue weighted by atomic mass is 19.3. The number of fused-ring (bicyclic) bond motifs is 3. The van der Waals surface area contributed by atoms with Crippen LogP contribution in [0.4, 0.5) is 25.1 Å². The van der Waals surface area contributed by atoms with Crippen molar-refractivity contribution in [2.24, 2.45) is 5.73 Å². The van der Waals surface area contributed by atoms with Crippen molar-refractivity contribution in [2.75, 3.05) is 29.6 Å². The molecule has 1 aromatic heterocycles. The number of carbonyl (C=O) groups excluding carboxylic acids is 2. The highest BCUT2D eigenvalue weighted by Gasteiger charge is 2.42. The lowest BCUT2D eigenvalue weighted by Crippen LogP contribution is -2.40. The number of ether oxygens (including phenoxy) is 2. The van der Waals surface area contributed by atoms with Crippen molar-refractivity contribution < 1.29 is 27.8 Å². The van der Waals surface area contributed by atoms with E-state index in [1.54, 1.807) is 10.8 Å². The molecular weight excluding hydrogens is 412 g/mol. The number of nitrogens with two attached hydrogens (primary N) is 1. The summed E-state index contributed by atoms with van der Waals surface area (Å²) in [5.41, 5.74) is 7.03. The maximum Gasteiger partial charge on any atom is 0.416 e. The summed E-state index contributed by atoms with van der Waals surface area (Å²) in [6.45, 7) is 1.11. The quantitative estimate of drug-likeness (QED) is 0.791. The average molecular weight is 433 g/mol. The number of amides is 2. The predicted octanol–water partition coefficient (Wildman–Crippen LogP) is 1.99. The standard InChI is InChI=1S/C20H21F2N5O4/c21-17(22)14-10-31-20(29)27(14)16-9-25-6-7-30-15-8-11(3-4-12(15)19(25)24-16)26-5-1-2-13(26)18(23)28/h3-4,8-9,13-14,17H,1-2,5-7,10H2,(H2,23,28)/t13-,14-/m0/s1. The summed E-state index contributed by atoms with van der Waals surface area (Å²) in [6.07, 6.45) is -0.441. The second-order valence-electron chi connectivity index (χ2n) is 7.75. The van der Waals surface area contributed by atoms with Crippen LogP contribution in [0.1, 0.15) is 12.8 Å². The fraction of sp³-hybridized carbons (Fsp3) is 0.450. The molecule has 0 unspecified atom stereocenters. The fourth-order valence-corrected chi connectivity index (χ4v) is 4.41. The van der Waals surface area contributed by atoms with Crippen LogP contribution in [0.15, 0.2) is 24.4 Å². The van der Waals surface area contributed by atoms with E-state index in [1.807, 2.05) is 23.1 Å². The van der Waals surface area contributed by atoms with E-state index in [9.17, 15) is 18.4 Å². The fourth-order valence-electron chi connectivity index (χ4n) is 4.41. The van der Waals surface area contributed by atoms with Gasteiger partial charge in [-0.15, -0.1) is 0 Å². The number of hydrogen-bond donors (Lipinski definition) is 1. The first-order valence-electron chi connectivity index (χ1n) is 10.1. The molecule has 2 fully saturated rings. The third kappa shape index (κ3) is 3.24. The minimum atomic E-state index is -2.75. The molecule has 4 heterocycles. The molecule has 0 saturated carbocycles. The zero-order valence-electron chi connectivity index (χ0n) is 16.5. The molecule has 2 atom stereocenters. The zero-order chi connectivity index (χ0) is 21.7. The van der Waals surface area contributed by atoms with Crippen LogP contribution in [0, 0.1) is 0 Å². The number of primary amides is 1. The van der Waals surface area contributed by atoms with E-state index in [-0.39, 0.29) is 24.4 Å². The Morgan fingerprint density at radius 2 is 2.10 bits per heavy atom. The highest BCUT2D eigenvalue weighted by Crippen LogP contribution is 2.38. The van der Waals surface area contributed by atoms with Crippen LogP contribution in [0.2, 0.25) is 0 Å². The Morgan fingerprint density at radius 1 is 1.26 bits per heavy atom. The molecular formula is C20H21F2N5O4. The Kier molecular flexibility index (Phi) is 4.67. The molecule has 0 aliphatic carbocycles. The van der Waals surface area contributed by atoms with Crippen LogP contribution < -0.4 is 20.3 Å². The summed E-state index contributed by atoms with van der Waals surface area (Å²) >= 11 is 0. The normalized spacial score (nSPS) is 22.7. The van der Waals surface area contributed by atoms with E-state index in [0.717, 1.165) is 23.6 Å². The van der Waals surface area contributed by atoms with E-state index >= 15 is 0 Å². The summed E-state index contributed by atoms with van der Waals surface area (Å²) in [5.74, 6) is 0.834. The highest BCUT2D eigenvalue weighted by molar-refractivity contribution is 5.90. The van der Waals surface area contributed by atoms with Gasteiger partial charge in [0.2, 0.25) is 5.91 Å². The smallest absolute Gasteiger partial charge is 0.416 e. The maximum absolute atomic E-state index is 13.4. The van der Waals surface area contributed by atoms with Gasteiger partial charge in [-0.05, 0) is 25.0 Å². The Labute approximate surface area is 176 Å². The second-order valence-corrected chi connectivity index (χ2v) is 7.75. The number of rotatable bonds is 4. The molecule has 9 nitrogen and oxygen atoms in total. The van der Waals surface area contributed by atoms with Gasteiger partial charge in [-0.25, -0.2) is 23.5 Å². The molecule has 3 aliphatic rings. The largest absolute Gasteiger partial charge is 0.491 e. The summed E-state index contributed by atoms with van der Waals surface area (Å²) < 4.78 is 39.2. The lowest BCUT2D eigenvalue weighted by Gasteiger charge is -2.25. The first kappa shape index (κ1) is 19.6. The molecule has 5 rings (SSSR count). The maximum atomic E-state index is 13.4. The summed E-state index contributed by atoms with van der Waals surface area (Å²) in [7, 11) is 0. The molecule has 0 spiro atoms. The molecule has 164 valence electrons. The van der Waals surface area contributed by atoms with Crippen LogP contribution in [0.3, 0.4) is 0 Å². The molecule has 1 aromatic carbocycles. The number of imidazole rings is 1. The molecule has 0 radical (unpaired) electrons. The van der Waals surface area contributed by atoms with Gasteiger partial charge in [-0.1, -0.05) is 0 Å². The average Bonchev–Trinajstić information content (AvgIpc) is 3.44. The lowest BCUT2D eigenvalue weighted by molar-refractivity contribution is -0.119. The number of carbonyl (C=O) groups is 2. The van der Waals surface area contributed by atoms with Crippen molar-refractivity contribution in [1.29, 1.82) is 0 Å². The van der Waals surface area contributed by atoms with Crippen LogP contribution in [0.5, 0.6) is 5.75 Å². The molecule has 2 aromatic rings. The lowest BCUT2D eigenvalue weighted by atomic mass is 10.1. The van der Waals surface area contributed by atoms with E-state index in [4.69, 9.17) is 15.2 Å². The van der Waals surface area contributed by atoms with Crippen LogP contribution in [-0.2, 0) is 16.1 Å². The third-order valence-corrected chi connectivity index (χ3v) is 5.92. The first-order valence-corrected chi connectivity index (χ1v) is 10.1. The Bertz CT molecular complexity index is 1040. The van der Waals surface area contributed by atoms with Crippen LogP contribution in [-0.4, -0.2) is 59.8 Å². The van der Waals surface area contributed by atoms with Crippen molar-refractivity contribution in [3.8, 4) is 17.1 Å². The zero-order valence-corrected chi connectivity index (χ0v) is 16.5. The summed E-state index contributed by atoms with van der Waals surface area (Å²) in [6, 6.07) is 3.80. The van der Waals surface area contributed by atoms with Gasteiger partial charge in [0.25, 0.3) is 6.43 Å². The number of halogens is 2. The minimum Gasteiger partial charge on any atom is -0.491 e. The molecule has 31 heavy (non-hydrogen) atoms. The van der Waals surface area contributed by atoms with E-state index in [1.165, 1.54) is 0 Å². The number of benzene rings is 1. The Balaban J connectivity index is 1.51. The molecule has 2 amide bonds. The van der Waals surface area contributed by atoms with E-state index in [0.29, 0.717) is 36.7 Å². The van der Waals surface area contributed by atoms with Gasteiger partial charge in [-0.2, -0.15) is 0 Å². The molecule has 2 saturated heterocycles. The topological polar surface area (TPSA) is 103 Å². The summed E-state index contributed by atoms with van der Waals surface area (Å²) in [4.78, 5) is 31.1. The van der Waals surface area contributed by atoms with Crippen molar-refractivity contribution in [3.05, 3.63) is 24.4 Å². The minimum absolute atomic E-state index is 0.119. The number of cyclic esters (lactones) is 1. The Morgan fingerprint density at radius 3 is 2.87 bits per heavy atom. The first-order chi connectivity index (χ1) is 14.9.